The lowest BCUT2D eigenvalue weighted by molar-refractivity contribution is -0.384. The van der Waals surface area contributed by atoms with Crippen LogP contribution in [0.5, 0.6) is 0 Å². The molecule has 2 fully saturated rings. The summed E-state index contributed by atoms with van der Waals surface area (Å²) in [7, 11) is 0. The highest BCUT2D eigenvalue weighted by molar-refractivity contribution is 6.33. The van der Waals surface area contributed by atoms with E-state index in [1.165, 1.54) is 25.7 Å². The summed E-state index contributed by atoms with van der Waals surface area (Å²) in [6.07, 6.45) is 5.28. The van der Waals surface area contributed by atoms with Crippen molar-refractivity contribution in [1.82, 2.24) is 4.90 Å². The van der Waals surface area contributed by atoms with Crippen molar-refractivity contribution in [2.24, 2.45) is 0 Å². The highest BCUT2D eigenvalue weighted by atomic mass is 35.5. The van der Waals surface area contributed by atoms with Gasteiger partial charge in [-0.25, -0.2) is 0 Å². The van der Waals surface area contributed by atoms with Gasteiger partial charge < -0.3 is 4.90 Å². The molecular weight excluding hydrogens is 290 g/mol. The third kappa shape index (κ3) is 2.99. The fourth-order valence-electron chi connectivity index (χ4n) is 3.54. The molecule has 1 aliphatic heterocycles. The van der Waals surface area contributed by atoms with Crippen LogP contribution in [0.2, 0.25) is 5.02 Å². The molecule has 3 rings (SSSR count). The molecule has 5 nitrogen and oxygen atoms in total. The van der Waals surface area contributed by atoms with Crippen molar-refractivity contribution in [1.29, 1.82) is 0 Å². The van der Waals surface area contributed by atoms with E-state index in [4.69, 9.17) is 11.6 Å². The van der Waals surface area contributed by atoms with Gasteiger partial charge in [0.25, 0.3) is 0 Å². The molecule has 21 heavy (non-hydrogen) atoms. The lowest BCUT2D eigenvalue weighted by Gasteiger charge is -2.38. The lowest BCUT2D eigenvalue weighted by Crippen LogP contribution is -2.49. The minimum absolute atomic E-state index is 0.0356. The van der Waals surface area contributed by atoms with Crippen molar-refractivity contribution < 1.29 is 4.92 Å². The molecule has 1 saturated carbocycles. The van der Waals surface area contributed by atoms with Crippen LogP contribution in [0.3, 0.4) is 0 Å². The Kier molecular flexibility index (Phi) is 4.31. The zero-order chi connectivity index (χ0) is 14.8. The predicted molar refractivity (Wildman–Crippen MR) is 84.1 cm³/mol. The third-order valence-electron chi connectivity index (χ3n) is 4.64. The van der Waals surface area contributed by atoms with Crippen molar-refractivity contribution in [2.75, 3.05) is 31.1 Å². The van der Waals surface area contributed by atoms with E-state index in [9.17, 15) is 10.1 Å². The van der Waals surface area contributed by atoms with Gasteiger partial charge in [-0.3, -0.25) is 15.0 Å². The van der Waals surface area contributed by atoms with Crippen LogP contribution in [0.1, 0.15) is 25.7 Å². The number of nitrogens with zero attached hydrogens (tertiary/aromatic N) is 3. The Morgan fingerprint density at radius 3 is 2.43 bits per heavy atom. The summed E-state index contributed by atoms with van der Waals surface area (Å²) in [6.45, 7) is 3.62. The first kappa shape index (κ1) is 14.6. The van der Waals surface area contributed by atoms with Crippen LogP contribution in [0.15, 0.2) is 18.2 Å². The minimum Gasteiger partial charge on any atom is -0.363 e. The van der Waals surface area contributed by atoms with Gasteiger partial charge >= 0.3 is 5.69 Å². The van der Waals surface area contributed by atoms with E-state index >= 15 is 0 Å². The van der Waals surface area contributed by atoms with Gasteiger partial charge in [0, 0.05) is 32.2 Å². The summed E-state index contributed by atoms with van der Waals surface area (Å²) < 4.78 is 0. The van der Waals surface area contributed by atoms with Crippen LogP contribution in [0.25, 0.3) is 0 Å². The Labute approximate surface area is 129 Å². The molecule has 1 aromatic rings. The number of nitro benzene ring substituents is 1. The second-order valence-corrected chi connectivity index (χ2v) is 6.23. The molecule has 2 aliphatic rings. The van der Waals surface area contributed by atoms with Gasteiger partial charge in [-0.2, -0.15) is 0 Å². The van der Waals surface area contributed by atoms with E-state index < -0.39 is 0 Å². The Hall–Kier alpha value is -1.33. The van der Waals surface area contributed by atoms with E-state index in [0.29, 0.717) is 5.69 Å². The molecule has 0 unspecified atom stereocenters. The minimum atomic E-state index is -0.374. The van der Waals surface area contributed by atoms with Crippen LogP contribution in [-0.4, -0.2) is 42.0 Å². The second kappa shape index (κ2) is 6.20. The Bertz CT molecular complexity index is 524. The Morgan fingerprint density at radius 2 is 1.81 bits per heavy atom. The standard InChI is InChI=1S/C15H20ClN3O2/c16-13-6-3-7-14(15(13)19(20)21)18-10-8-17(9-11-18)12-4-1-2-5-12/h3,6-7,12H,1-2,4-5,8-11H2. The lowest BCUT2D eigenvalue weighted by atomic mass is 10.1. The molecule has 0 bridgehead atoms. The molecule has 0 N–H and O–H groups in total. The number of nitro groups is 1. The van der Waals surface area contributed by atoms with Crippen molar-refractivity contribution in [3.63, 3.8) is 0 Å². The van der Waals surface area contributed by atoms with Crippen molar-refractivity contribution >= 4 is 23.0 Å². The molecule has 1 aromatic carbocycles. The SMILES string of the molecule is O=[N+]([O-])c1c(Cl)cccc1N1CCN(C2CCCC2)CC1. The molecule has 114 valence electrons. The summed E-state index contributed by atoms with van der Waals surface area (Å²) in [4.78, 5) is 15.5. The number of anilines is 1. The van der Waals surface area contributed by atoms with Gasteiger partial charge in [-0.15, -0.1) is 0 Å². The summed E-state index contributed by atoms with van der Waals surface area (Å²) in [5, 5.41) is 11.5. The molecule has 6 heteroatoms. The maximum atomic E-state index is 11.2. The molecule has 0 spiro atoms. The number of benzene rings is 1. The predicted octanol–water partition coefficient (Wildman–Crippen LogP) is 3.31. The van der Waals surface area contributed by atoms with Crippen LogP contribution in [0, 0.1) is 10.1 Å². The average molecular weight is 310 g/mol. The molecule has 1 aliphatic carbocycles. The summed E-state index contributed by atoms with van der Waals surface area (Å²) in [6, 6.07) is 5.89. The Balaban J connectivity index is 1.72. The van der Waals surface area contributed by atoms with E-state index in [1.807, 2.05) is 0 Å². The zero-order valence-corrected chi connectivity index (χ0v) is 12.8. The molecule has 0 amide bonds. The first-order chi connectivity index (χ1) is 10.2. The zero-order valence-electron chi connectivity index (χ0n) is 12.0. The van der Waals surface area contributed by atoms with Crippen LogP contribution in [0.4, 0.5) is 11.4 Å². The largest absolute Gasteiger partial charge is 0.363 e. The maximum absolute atomic E-state index is 11.2. The Morgan fingerprint density at radius 1 is 1.14 bits per heavy atom. The monoisotopic (exact) mass is 309 g/mol. The fourth-order valence-corrected chi connectivity index (χ4v) is 3.78. The summed E-state index contributed by atoms with van der Waals surface area (Å²) in [5.74, 6) is 0. The smallest absolute Gasteiger partial charge is 0.310 e. The maximum Gasteiger partial charge on any atom is 0.310 e. The normalized spacial score (nSPS) is 20.9. The van der Waals surface area contributed by atoms with Crippen molar-refractivity contribution in [3.05, 3.63) is 33.3 Å². The number of piperazine rings is 1. The molecule has 0 aromatic heterocycles. The van der Waals surface area contributed by atoms with Crippen LogP contribution >= 0.6 is 11.6 Å². The van der Waals surface area contributed by atoms with Gasteiger partial charge in [0.05, 0.1) is 4.92 Å². The van der Waals surface area contributed by atoms with Crippen LogP contribution in [-0.2, 0) is 0 Å². The van der Waals surface area contributed by atoms with Gasteiger partial charge in [-0.1, -0.05) is 30.5 Å². The molecule has 0 atom stereocenters. The summed E-state index contributed by atoms with van der Waals surface area (Å²) >= 11 is 6.00. The summed E-state index contributed by atoms with van der Waals surface area (Å²) in [5.41, 5.74) is 0.687. The highest BCUT2D eigenvalue weighted by Gasteiger charge is 2.29. The van der Waals surface area contributed by atoms with Gasteiger partial charge in [-0.05, 0) is 25.0 Å². The highest BCUT2D eigenvalue weighted by Crippen LogP contribution is 2.35. The fraction of sp³-hybridized carbons (Fsp3) is 0.600. The van der Waals surface area contributed by atoms with E-state index in [2.05, 4.69) is 9.80 Å². The number of para-hydroxylation sites is 1. The molecule has 0 radical (unpaired) electrons. The second-order valence-electron chi connectivity index (χ2n) is 5.83. The van der Waals surface area contributed by atoms with E-state index in [1.54, 1.807) is 18.2 Å². The third-order valence-corrected chi connectivity index (χ3v) is 4.95. The number of halogens is 1. The van der Waals surface area contributed by atoms with Crippen molar-refractivity contribution in [3.8, 4) is 0 Å². The first-order valence-electron chi connectivity index (χ1n) is 7.58. The number of hydrogen-bond acceptors (Lipinski definition) is 4. The topological polar surface area (TPSA) is 49.6 Å². The molecule has 1 saturated heterocycles. The average Bonchev–Trinajstić information content (AvgIpc) is 3.01. The number of rotatable bonds is 3. The van der Waals surface area contributed by atoms with Gasteiger partial charge in [0.2, 0.25) is 0 Å². The quantitative estimate of drug-likeness (QED) is 0.635. The number of hydrogen-bond donors (Lipinski definition) is 0. The molecule has 1 heterocycles. The van der Waals surface area contributed by atoms with Crippen molar-refractivity contribution in [2.45, 2.75) is 31.7 Å². The van der Waals surface area contributed by atoms with Gasteiger partial charge in [0.1, 0.15) is 10.7 Å². The molecular formula is C15H20ClN3O2. The first-order valence-corrected chi connectivity index (χ1v) is 7.96. The van der Waals surface area contributed by atoms with E-state index in [-0.39, 0.29) is 15.6 Å². The van der Waals surface area contributed by atoms with Crippen LogP contribution < -0.4 is 4.90 Å². The van der Waals surface area contributed by atoms with Gasteiger partial charge in [0.15, 0.2) is 0 Å². The van der Waals surface area contributed by atoms with E-state index in [0.717, 1.165) is 32.2 Å².